The molecule has 0 bridgehead atoms. The van der Waals surface area contributed by atoms with Gasteiger partial charge in [0.25, 0.3) is 5.91 Å². The van der Waals surface area contributed by atoms with Gasteiger partial charge in [-0.3, -0.25) is 4.79 Å². The van der Waals surface area contributed by atoms with Crippen molar-refractivity contribution < 1.29 is 4.79 Å². The van der Waals surface area contributed by atoms with E-state index in [9.17, 15) is 4.79 Å². The number of carbonyl (C=O) groups excluding carboxylic acids is 1. The first-order chi connectivity index (χ1) is 10.3. The summed E-state index contributed by atoms with van der Waals surface area (Å²) < 4.78 is 0. The molecular formula is C18H16N2O. The zero-order chi connectivity index (χ0) is 14.5. The number of hydrogen-bond donors (Lipinski definition) is 1. The Hall–Kier alpha value is -2.81. The van der Waals surface area contributed by atoms with Gasteiger partial charge in [0, 0.05) is 24.1 Å². The molecule has 0 radical (unpaired) electrons. The van der Waals surface area contributed by atoms with Gasteiger partial charge in [-0.1, -0.05) is 48.6 Å². The molecule has 3 nitrogen and oxygen atoms in total. The third-order valence-corrected chi connectivity index (χ3v) is 3.28. The molecule has 0 unspecified atom stereocenters. The fraction of sp³-hybridized carbons (Fsp3) is 0.0556. The van der Waals surface area contributed by atoms with Crippen LogP contribution in [0.5, 0.6) is 0 Å². The zero-order valence-corrected chi connectivity index (χ0v) is 11.6. The third kappa shape index (κ3) is 3.20. The summed E-state index contributed by atoms with van der Waals surface area (Å²) in [4.78, 5) is 14.3. The maximum absolute atomic E-state index is 12.3. The van der Waals surface area contributed by atoms with E-state index < -0.39 is 0 Å². The second-order valence-corrected chi connectivity index (χ2v) is 4.79. The van der Waals surface area contributed by atoms with Gasteiger partial charge >= 0.3 is 0 Å². The van der Waals surface area contributed by atoms with Crippen LogP contribution in [0.4, 0.5) is 11.4 Å². The molecule has 1 aliphatic heterocycles. The van der Waals surface area contributed by atoms with Gasteiger partial charge in [-0.15, -0.1) is 0 Å². The number of para-hydroxylation sites is 2. The SMILES string of the molecule is O=C(Nc1ccccc1)C1=CN(c2ccccc2)CC=C1. The molecule has 0 atom stereocenters. The van der Waals surface area contributed by atoms with E-state index in [1.807, 2.05) is 79.0 Å². The van der Waals surface area contributed by atoms with Gasteiger partial charge in [0.1, 0.15) is 0 Å². The largest absolute Gasteiger partial charge is 0.343 e. The first-order valence-corrected chi connectivity index (χ1v) is 6.89. The van der Waals surface area contributed by atoms with Crippen LogP contribution in [0.1, 0.15) is 0 Å². The lowest BCUT2D eigenvalue weighted by molar-refractivity contribution is -0.112. The van der Waals surface area contributed by atoms with Crippen molar-refractivity contribution in [2.75, 3.05) is 16.8 Å². The summed E-state index contributed by atoms with van der Waals surface area (Å²) in [5.74, 6) is -0.0990. The van der Waals surface area contributed by atoms with E-state index in [0.717, 1.165) is 17.9 Å². The van der Waals surface area contributed by atoms with Crippen molar-refractivity contribution in [2.24, 2.45) is 0 Å². The van der Waals surface area contributed by atoms with Crippen LogP contribution in [-0.2, 0) is 4.79 Å². The number of hydrogen-bond acceptors (Lipinski definition) is 2. The first kappa shape index (κ1) is 13.2. The molecule has 1 aliphatic rings. The maximum atomic E-state index is 12.3. The fourth-order valence-electron chi connectivity index (χ4n) is 2.22. The molecule has 0 aliphatic carbocycles. The Kier molecular flexibility index (Phi) is 3.83. The van der Waals surface area contributed by atoms with Crippen LogP contribution >= 0.6 is 0 Å². The standard InChI is InChI=1S/C18H16N2O/c21-18(19-16-9-3-1-4-10-16)15-8-7-13-20(14-15)17-11-5-2-6-12-17/h1-12,14H,13H2,(H,19,21). The molecule has 0 aromatic heterocycles. The topological polar surface area (TPSA) is 32.3 Å². The highest BCUT2D eigenvalue weighted by Gasteiger charge is 2.13. The number of carbonyl (C=O) groups is 1. The van der Waals surface area contributed by atoms with Gasteiger partial charge in [-0.05, 0) is 24.3 Å². The normalized spacial score (nSPS) is 13.7. The molecule has 0 fully saturated rings. The number of nitrogens with zero attached hydrogens (tertiary/aromatic N) is 1. The first-order valence-electron chi connectivity index (χ1n) is 6.89. The highest BCUT2D eigenvalue weighted by Crippen LogP contribution is 2.19. The number of benzene rings is 2. The Balaban J connectivity index is 1.76. The average molecular weight is 276 g/mol. The monoisotopic (exact) mass is 276 g/mol. The second kappa shape index (κ2) is 6.09. The van der Waals surface area contributed by atoms with Gasteiger partial charge in [-0.2, -0.15) is 0 Å². The number of anilines is 2. The maximum Gasteiger partial charge on any atom is 0.257 e. The lowest BCUT2D eigenvalue weighted by atomic mass is 10.1. The van der Waals surface area contributed by atoms with Crippen LogP contribution in [0.15, 0.2) is 84.6 Å². The summed E-state index contributed by atoms with van der Waals surface area (Å²) in [5, 5.41) is 2.90. The predicted molar refractivity (Wildman–Crippen MR) is 86.1 cm³/mol. The smallest absolute Gasteiger partial charge is 0.257 e. The molecule has 1 heterocycles. The van der Waals surface area contributed by atoms with Crippen molar-refractivity contribution in [3.63, 3.8) is 0 Å². The van der Waals surface area contributed by atoms with Crippen LogP contribution < -0.4 is 10.2 Å². The minimum Gasteiger partial charge on any atom is -0.343 e. The molecule has 21 heavy (non-hydrogen) atoms. The second-order valence-electron chi connectivity index (χ2n) is 4.79. The molecule has 1 amide bonds. The quantitative estimate of drug-likeness (QED) is 0.929. The highest BCUT2D eigenvalue weighted by atomic mass is 16.1. The highest BCUT2D eigenvalue weighted by molar-refractivity contribution is 6.06. The Morgan fingerprint density at radius 1 is 0.952 bits per heavy atom. The predicted octanol–water partition coefficient (Wildman–Crippen LogP) is 3.59. The van der Waals surface area contributed by atoms with E-state index in [1.54, 1.807) is 0 Å². The molecule has 0 saturated carbocycles. The summed E-state index contributed by atoms with van der Waals surface area (Å²) in [6.07, 6.45) is 5.73. The summed E-state index contributed by atoms with van der Waals surface area (Å²) in [5.41, 5.74) is 2.52. The van der Waals surface area contributed by atoms with E-state index in [-0.39, 0.29) is 5.91 Å². The van der Waals surface area contributed by atoms with Gasteiger partial charge in [0.05, 0.1) is 5.57 Å². The minimum absolute atomic E-state index is 0.0990. The summed E-state index contributed by atoms with van der Waals surface area (Å²) in [6, 6.07) is 19.5. The van der Waals surface area contributed by atoms with E-state index in [0.29, 0.717) is 5.57 Å². The van der Waals surface area contributed by atoms with Crippen LogP contribution in [0.2, 0.25) is 0 Å². The summed E-state index contributed by atoms with van der Waals surface area (Å²) >= 11 is 0. The minimum atomic E-state index is -0.0990. The van der Waals surface area contributed by atoms with Crippen LogP contribution in [-0.4, -0.2) is 12.5 Å². The Morgan fingerprint density at radius 2 is 1.62 bits per heavy atom. The van der Waals surface area contributed by atoms with Crippen LogP contribution in [0.3, 0.4) is 0 Å². The number of rotatable bonds is 3. The van der Waals surface area contributed by atoms with Gasteiger partial charge in [0.2, 0.25) is 0 Å². The molecule has 0 spiro atoms. The van der Waals surface area contributed by atoms with E-state index >= 15 is 0 Å². The van der Waals surface area contributed by atoms with Crippen molar-refractivity contribution in [3.8, 4) is 0 Å². The van der Waals surface area contributed by atoms with E-state index in [2.05, 4.69) is 10.2 Å². The molecule has 3 heteroatoms. The van der Waals surface area contributed by atoms with Crippen molar-refractivity contribution in [1.29, 1.82) is 0 Å². The molecule has 1 N–H and O–H groups in total. The van der Waals surface area contributed by atoms with E-state index in [1.165, 1.54) is 0 Å². The Morgan fingerprint density at radius 3 is 2.33 bits per heavy atom. The molecule has 3 rings (SSSR count). The average Bonchev–Trinajstić information content (AvgIpc) is 2.57. The van der Waals surface area contributed by atoms with Crippen LogP contribution in [0.25, 0.3) is 0 Å². The Bertz CT molecular complexity index is 675. The molecular weight excluding hydrogens is 260 g/mol. The van der Waals surface area contributed by atoms with Gasteiger partial charge in [0.15, 0.2) is 0 Å². The zero-order valence-electron chi connectivity index (χ0n) is 11.6. The molecule has 2 aromatic carbocycles. The van der Waals surface area contributed by atoms with Crippen molar-refractivity contribution in [2.45, 2.75) is 0 Å². The number of amides is 1. The molecule has 104 valence electrons. The van der Waals surface area contributed by atoms with Crippen molar-refractivity contribution in [3.05, 3.63) is 84.6 Å². The van der Waals surface area contributed by atoms with Crippen molar-refractivity contribution in [1.82, 2.24) is 0 Å². The van der Waals surface area contributed by atoms with Crippen molar-refractivity contribution >= 4 is 17.3 Å². The third-order valence-electron chi connectivity index (χ3n) is 3.28. The summed E-state index contributed by atoms with van der Waals surface area (Å²) in [7, 11) is 0. The lowest BCUT2D eigenvalue weighted by Crippen LogP contribution is -2.23. The lowest BCUT2D eigenvalue weighted by Gasteiger charge is -2.23. The molecule has 2 aromatic rings. The van der Waals surface area contributed by atoms with E-state index in [4.69, 9.17) is 0 Å². The van der Waals surface area contributed by atoms with Gasteiger partial charge in [-0.25, -0.2) is 0 Å². The Labute approximate surface area is 124 Å². The summed E-state index contributed by atoms with van der Waals surface area (Å²) in [6.45, 7) is 0.770. The number of nitrogens with one attached hydrogen (secondary N) is 1. The fourth-order valence-corrected chi connectivity index (χ4v) is 2.22. The van der Waals surface area contributed by atoms with Gasteiger partial charge < -0.3 is 10.2 Å². The van der Waals surface area contributed by atoms with Crippen LogP contribution in [0, 0.1) is 0 Å². The molecule has 0 saturated heterocycles.